The van der Waals surface area contributed by atoms with Crippen LogP contribution in [0.1, 0.15) is 44.7 Å². The predicted molar refractivity (Wildman–Crippen MR) is 96.3 cm³/mol. The number of esters is 1. The van der Waals surface area contributed by atoms with Crippen molar-refractivity contribution in [3.63, 3.8) is 0 Å². The van der Waals surface area contributed by atoms with Gasteiger partial charge < -0.3 is 9.57 Å². The summed E-state index contributed by atoms with van der Waals surface area (Å²) in [7, 11) is -3.67. The first-order valence-corrected chi connectivity index (χ1v) is 10.3. The molecular weight excluding hydrogens is 342 g/mol. The minimum absolute atomic E-state index is 0.00467. The van der Waals surface area contributed by atoms with Gasteiger partial charge in [-0.3, -0.25) is 4.79 Å². The van der Waals surface area contributed by atoms with Crippen LogP contribution in [0.3, 0.4) is 0 Å². The van der Waals surface area contributed by atoms with Crippen molar-refractivity contribution in [2.45, 2.75) is 50.9 Å². The van der Waals surface area contributed by atoms with Gasteiger partial charge in [0.1, 0.15) is 6.10 Å². The summed E-state index contributed by atoms with van der Waals surface area (Å²) >= 11 is 0. The smallest absolute Gasteiger partial charge is 0.327 e. The average Bonchev–Trinajstić information content (AvgIpc) is 3.02. The lowest BCUT2D eigenvalue weighted by Crippen LogP contribution is -2.47. The van der Waals surface area contributed by atoms with Crippen LogP contribution in [0.25, 0.3) is 0 Å². The van der Waals surface area contributed by atoms with E-state index >= 15 is 0 Å². The molecule has 1 aliphatic rings. The summed E-state index contributed by atoms with van der Waals surface area (Å²) in [5, 5.41) is 4.08. The Hall–Kier alpha value is -1.89. The highest BCUT2D eigenvalue weighted by Gasteiger charge is 2.48. The quantitative estimate of drug-likeness (QED) is 0.692. The van der Waals surface area contributed by atoms with Gasteiger partial charge in [0, 0.05) is 19.1 Å². The van der Waals surface area contributed by atoms with Gasteiger partial charge in [-0.2, -0.15) is 0 Å². The number of rotatable bonds is 7. The SMILES string of the molecule is CCOC(=O)[C@@](C)(C[C@H]1CC(c2ccc(CC)cc2)=NO1)S(C)(=O)=O. The molecule has 0 saturated heterocycles. The third-order valence-corrected chi connectivity index (χ3v) is 6.54. The summed E-state index contributed by atoms with van der Waals surface area (Å²) < 4.78 is 27.7. The minimum Gasteiger partial charge on any atom is -0.465 e. The van der Waals surface area contributed by atoms with Crippen molar-refractivity contribution in [1.29, 1.82) is 0 Å². The summed E-state index contributed by atoms with van der Waals surface area (Å²) in [4.78, 5) is 17.6. The van der Waals surface area contributed by atoms with E-state index in [4.69, 9.17) is 9.57 Å². The second-order valence-corrected chi connectivity index (χ2v) is 8.89. The monoisotopic (exact) mass is 367 g/mol. The number of hydrogen-bond donors (Lipinski definition) is 0. The van der Waals surface area contributed by atoms with Gasteiger partial charge in [0.2, 0.25) is 0 Å². The first-order chi connectivity index (χ1) is 11.7. The Morgan fingerprint density at radius 1 is 1.32 bits per heavy atom. The molecular formula is C18H25NO5S. The molecule has 0 bridgehead atoms. The van der Waals surface area contributed by atoms with E-state index in [1.807, 2.05) is 24.3 Å². The molecule has 0 aromatic heterocycles. The van der Waals surface area contributed by atoms with Crippen LogP contribution in [-0.2, 0) is 30.6 Å². The Labute approximate surface area is 149 Å². The number of hydrogen-bond acceptors (Lipinski definition) is 6. The van der Waals surface area contributed by atoms with Gasteiger partial charge in [0.15, 0.2) is 14.6 Å². The number of ether oxygens (including phenoxy) is 1. The van der Waals surface area contributed by atoms with Gasteiger partial charge in [0.25, 0.3) is 0 Å². The van der Waals surface area contributed by atoms with E-state index in [1.54, 1.807) is 6.92 Å². The fourth-order valence-electron chi connectivity index (χ4n) is 2.75. The van der Waals surface area contributed by atoms with Gasteiger partial charge in [-0.1, -0.05) is 36.3 Å². The Morgan fingerprint density at radius 3 is 2.48 bits per heavy atom. The first-order valence-electron chi connectivity index (χ1n) is 8.40. The van der Waals surface area contributed by atoms with Gasteiger partial charge >= 0.3 is 5.97 Å². The molecule has 0 unspecified atom stereocenters. The van der Waals surface area contributed by atoms with Crippen molar-refractivity contribution in [1.82, 2.24) is 0 Å². The van der Waals surface area contributed by atoms with Crippen LogP contribution < -0.4 is 0 Å². The van der Waals surface area contributed by atoms with Crippen molar-refractivity contribution in [2.24, 2.45) is 5.16 Å². The van der Waals surface area contributed by atoms with E-state index < -0.39 is 26.7 Å². The second-order valence-electron chi connectivity index (χ2n) is 6.45. The van der Waals surface area contributed by atoms with Crippen molar-refractivity contribution < 1.29 is 22.8 Å². The van der Waals surface area contributed by atoms with Crippen LogP contribution in [0.5, 0.6) is 0 Å². The predicted octanol–water partition coefficient (Wildman–Crippen LogP) is 2.50. The molecule has 2 atom stereocenters. The zero-order chi connectivity index (χ0) is 18.7. The topological polar surface area (TPSA) is 82.0 Å². The molecule has 0 amide bonds. The van der Waals surface area contributed by atoms with E-state index in [1.165, 1.54) is 12.5 Å². The Bertz CT molecular complexity index is 754. The van der Waals surface area contributed by atoms with E-state index in [0.29, 0.717) is 6.42 Å². The molecule has 1 aromatic carbocycles. The summed E-state index contributed by atoms with van der Waals surface area (Å²) in [5.41, 5.74) is 2.93. The number of benzene rings is 1. The van der Waals surface area contributed by atoms with Crippen LogP contribution in [-0.4, -0.2) is 43.8 Å². The highest BCUT2D eigenvalue weighted by Crippen LogP contribution is 2.30. The highest BCUT2D eigenvalue weighted by atomic mass is 32.2. The third-order valence-electron chi connectivity index (χ3n) is 4.57. The van der Waals surface area contributed by atoms with E-state index in [0.717, 1.165) is 24.0 Å². The zero-order valence-corrected chi connectivity index (χ0v) is 15.9. The molecule has 6 nitrogen and oxygen atoms in total. The van der Waals surface area contributed by atoms with Crippen molar-refractivity contribution >= 4 is 21.5 Å². The molecule has 1 aliphatic heterocycles. The normalized spacial score (nSPS) is 19.7. The standard InChI is InChI=1S/C18H25NO5S/c1-5-13-7-9-14(10-8-13)16-11-15(24-19-16)12-18(3,25(4,21)22)17(20)23-6-2/h7-10,15H,5-6,11-12H2,1-4H3/t15-,18-/m1/s1. The molecule has 0 aliphatic carbocycles. The van der Waals surface area contributed by atoms with Crippen LogP contribution in [0.2, 0.25) is 0 Å². The Morgan fingerprint density at radius 2 is 1.96 bits per heavy atom. The van der Waals surface area contributed by atoms with Gasteiger partial charge in [-0.15, -0.1) is 0 Å². The second kappa shape index (κ2) is 7.56. The summed E-state index contributed by atoms with van der Waals surface area (Å²) in [6, 6.07) is 8.02. The molecule has 0 radical (unpaired) electrons. The number of carbonyl (C=O) groups is 1. The summed E-state index contributed by atoms with van der Waals surface area (Å²) in [6.45, 7) is 5.25. The van der Waals surface area contributed by atoms with Crippen LogP contribution in [0.15, 0.2) is 29.4 Å². The molecule has 0 N–H and O–H groups in total. The van der Waals surface area contributed by atoms with Crippen LogP contribution >= 0.6 is 0 Å². The van der Waals surface area contributed by atoms with Crippen molar-refractivity contribution in [3.05, 3.63) is 35.4 Å². The lowest BCUT2D eigenvalue weighted by Gasteiger charge is -2.27. The van der Waals surface area contributed by atoms with Gasteiger partial charge in [0.05, 0.1) is 12.3 Å². The maximum atomic E-state index is 12.2. The molecule has 25 heavy (non-hydrogen) atoms. The number of carbonyl (C=O) groups excluding carboxylic acids is 1. The zero-order valence-electron chi connectivity index (χ0n) is 15.1. The molecule has 138 valence electrons. The molecule has 1 aromatic rings. The molecule has 0 fully saturated rings. The number of oxime groups is 1. The van der Waals surface area contributed by atoms with E-state index in [9.17, 15) is 13.2 Å². The first kappa shape index (κ1) is 19.4. The maximum Gasteiger partial charge on any atom is 0.327 e. The summed E-state index contributed by atoms with van der Waals surface area (Å²) in [6.07, 6.45) is 1.98. The van der Waals surface area contributed by atoms with Crippen LogP contribution in [0, 0.1) is 0 Å². The molecule has 1 heterocycles. The Kier molecular flexibility index (Phi) is 5.87. The molecule has 0 saturated carbocycles. The number of aryl methyl sites for hydroxylation is 1. The van der Waals surface area contributed by atoms with Gasteiger partial charge in [-0.05, 0) is 31.4 Å². The van der Waals surface area contributed by atoms with Crippen LogP contribution in [0.4, 0.5) is 0 Å². The van der Waals surface area contributed by atoms with Gasteiger partial charge in [-0.25, -0.2) is 8.42 Å². The minimum atomic E-state index is -3.67. The molecule has 7 heteroatoms. The molecule has 2 rings (SSSR count). The molecule has 0 spiro atoms. The Balaban J connectivity index is 2.12. The largest absolute Gasteiger partial charge is 0.465 e. The number of nitrogens with zero attached hydrogens (tertiary/aromatic N) is 1. The lowest BCUT2D eigenvalue weighted by molar-refractivity contribution is -0.146. The van der Waals surface area contributed by atoms with Crippen molar-refractivity contribution in [2.75, 3.05) is 12.9 Å². The average molecular weight is 367 g/mol. The fourth-order valence-corrected chi connectivity index (χ4v) is 3.60. The van der Waals surface area contributed by atoms with Crippen molar-refractivity contribution in [3.8, 4) is 0 Å². The third kappa shape index (κ3) is 4.21. The van der Waals surface area contributed by atoms with E-state index in [-0.39, 0.29) is 13.0 Å². The van der Waals surface area contributed by atoms with E-state index in [2.05, 4.69) is 12.1 Å². The fraction of sp³-hybridized carbons (Fsp3) is 0.556. The number of sulfone groups is 1. The lowest BCUT2D eigenvalue weighted by atomic mass is 9.96. The summed E-state index contributed by atoms with van der Waals surface area (Å²) in [5.74, 6) is -0.748. The maximum absolute atomic E-state index is 12.2. The highest BCUT2D eigenvalue weighted by molar-refractivity contribution is 7.92.